The van der Waals surface area contributed by atoms with Crippen molar-refractivity contribution in [2.75, 3.05) is 40.3 Å². The van der Waals surface area contributed by atoms with Crippen LogP contribution in [0.25, 0.3) is 10.1 Å². The number of halogens is 1. The summed E-state index contributed by atoms with van der Waals surface area (Å²) in [5.74, 6) is -0.366. The number of alkyl halides is 1. The maximum absolute atomic E-state index is 13.5. The minimum absolute atomic E-state index is 0.193. The lowest BCUT2D eigenvalue weighted by molar-refractivity contribution is -0.130. The number of benzene rings is 1. The topological polar surface area (TPSA) is 132 Å². The number of carbonyl (C=O) groups excluding carboxylic acids is 3. The third-order valence-corrected chi connectivity index (χ3v) is 9.27. The molecule has 13 heteroatoms. The summed E-state index contributed by atoms with van der Waals surface area (Å²) in [4.78, 5) is 59.4. The Kier molecular flexibility index (Phi) is 22.3. The van der Waals surface area contributed by atoms with E-state index in [1.807, 2.05) is 31.0 Å². The molecule has 2 aromatic heterocycles. The summed E-state index contributed by atoms with van der Waals surface area (Å²) in [7, 11) is 0.545. The van der Waals surface area contributed by atoms with Crippen molar-refractivity contribution in [3.8, 4) is 5.75 Å². The number of hydrogen-bond acceptors (Lipinski definition) is 8. The Labute approximate surface area is 297 Å². The molecule has 2 fully saturated rings. The molecule has 2 aliphatic heterocycles. The number of pyridine rings is 1. The highest BCUT2D eigenvalue weighted by atomic mass is 32.1. The Morgan fingerprint density at radius 3 is 2.33 bits per heavy atom. The van der Waals surface area contributed by atoms with Crippen molar-refractivity contribution >= 4 is 48.0 Å². The predicted octanol–water partition coefficient (Wildman–Crippen LogP) is 7.80. The van der Waals surface area contributed by atoms with E-state index in [9.17, 15) is 18.8 Å². The minimum atomic E-state index is -2.64. The van der Waals surface area contributed by atoms with Gasteiger partial charge in [0, 0.05) is 68.2 Å². The van der Waals surface area contributed by atoms with Crippen LogP contribution in [-0.2, 0) is 9.59 Å². The lowest BCUT2D eigenvalue weighted by Gasteiger charge is -2.36. The molecule has 1 unspecified atom stereocenters. The van der Waals surface area contributed by atoms with Crippen LogP contribution < -0.4 is 10.1 Å². The van der Waals surface area contributed by atoms with Crippen molar-refractivity contribution in [3.63, 3.8) is 0 Å². The van der Waals surface area contributed by atoms with Crippen LogP contribution in [0.4, 0.5) is 4.39 Å². The normalized spacial score (nSPS) is 14.0. The molecule has 0 aliphatic carbocycles. The summed E-state index contributed by atoms with van der Waals surface area (Å²) in [6.07, 6.45) is 12.3. The SMILES string of the molecule is CC.CCC.CCCCCC(=O)N1CCCC1.CNC(=O)c1cc2cc(C(F)P(O)O)ccc2s1.COc1ccncc1C1CN(C=O)C1. The van der Waals surface area contributed by atoms with Crippen LogP contribution in [0.15, 0.2) is 42.7 Å². The number of likely N-dealkylation sites (tertiary alicyclic amines) is 2. The van der Waals surface area contributed by atoms with Gasteiger partial charge in [0.05, 0.1) is 12.0 Å². The summed E-state index contributed by atoms with van der Waals surface area (Å²) < 4.78 is 19.5. The number of nitrogens with one attached hydrogen (secondary N) is 1. The molecule has 49 heavy (non-hydrogen) atoms. The predicted molar refractivity (Wildman–Crippen MR) is 199 cm³/mol. The average molecular weight is 723 g/mol. The highest BCUT2D eigenvalue weighted by Crippen LogP contribution is 2.45. The summed E-state index contributed by atoms with van der Waals surface area (Å²) in [5.41, 5.74) is 1.30. The molecule has 5 rings (SSSR count). The van der Waals surface area contributed by atoms with Crippen LogP contribution in [0.5, 0.6) is 5.75 Å². The molecule has 1 aromatic carbocycles. The fraction of sp³-hybridized carbons (Fsp3) is 0.556. The highest BCUT2D eigenvalue weighted by molar-refractivity contribution is 7.45. The van der Waals surface area contributed by atoms with Crippen LogP contribution in [0.2, 0.25) is 0 Å². The van der Waals surface area contributed by atoms with Crippen molar-refractivity contribution in [2.45, 2.75) is 91.4 Å². The number of rotatable bonds is 10. The maximum Gasteiger partial charge on any atom is 0.261 e. The van der Waals surface area contributed by atoms with E-state index in [4.69, 9.17) is 14.5 Å². The zero-order valence-corrected chi connectivity index (χ0v) is 31.9. The standard InChI is InChI=1S/C11H11FNO3PS.C10H12N2O2.C10H19NO.C3H8.C2H6/c1-13-11(14)9-5-7-4-6(10(12)17(15)16)2-3-8(7)18-9;1-14-10-2-3-11-4-9(10)8-5-12(6-8)7-13;1-2-3-4-7-10(12)11-8-5-6-9-11;1-3-2;1-2/h2-5,10,15-16H,1H3,(H,13,14);2-4,7-8H,5-6H2,1H3;2-9H2,1H3;3H2,1-2H3;1-2H3. The van der Waals surface area contributed by atoms with Gasteiger partial charge in [-0.1, -0.05) is 59.9 Å². The van der Waals surface area contributed by atoms with Crippen LogP contribution >= 0.6 is 19.7 Å². The maximum atomic E-state index is 13.5. The molecule has 0 bridgehead atoms. The Bertz CT molecular complexity index is 1380. The summed E-state index contributed by atoms with van der Waals surface area (Å²) in [6.45, 7) is 14.0. The quantitative estimate of drug-likeness (QED) is 0.111. The first-order valence-corrected chi connectivity index (χ1v) is 19.3. The van der Waals surface area contributed by atoms with E-state index in [-0.39, 0.29) is 11.5 Å². The van der Waals surface area contributed by atoms with Crippen LogP contribution in [-0.4, -0.2) is 83.1 Å². The number of ether oxygens (including phenoxy) is 1. The molecule has 1 atom stereocenters. The van der Waals surface area contributed by atoms with Crippen molar-refractivity contribution < 1.29 is 33.3 Å². The molecule has 10 nitrogen and oxygen atoms in total. The van der Waals surface area contributed by atoms with E-state index in [2.05, 4.69) is 31.1 Å². The Morgan fingerprint density at radius 2 is 1.78 bits per heavy atom. The van der Waals surface area contributed by atoms with Crippen LogP contribution in [0, 0.1) is 0 Å². The van der Waals surface area contributed by atoms with E-state index in [0.717, 1.165) is 66.8 Å². The molecule has 0 spiro atoms. The highest BCUT2D eigenvalue weighted by Gasteiger charge is 2.29. The molecule has 3 amide bonds. The van der Waals surface area contributed by atoms with E-state index >= 15 is 0 Å². The fourth-order valence-corrected chi connectivity index (χ4v) is 6.33. The van der Waals surface area contributed by atoms with Crippen LogP contribution in [0.3, 0.4) is 0 Å². The monoisotopic (exact) mass is 722 g/mol. The fourth-order valence-electron chi connectivity index (χ4n) is 4.91. The van der Waals surface area contributed by atoms with Gasteiger partial charge in [0.2, 0.25) is 20.7 Å². The van der Waals surface area contributed by atoms with Gasteiger partial charge in [-0.3, -0.25) is 19.4 Å². The second-order valence-corrected chi connectivity index (χ2v) is 13.4. The van der Waals surface area contributed by atoms with Gasteiger partial charge in [0.25, 0.3) is 5.91 Å². The first-order valence-electron chi connectivity index (χ1n) is 17.1. The van der Waals surface area contributed by atoms with Gasteiger partial charge >= 0.3 is 0 Å². The van der Waals surface area contributed by atoms with Gasteiger partial charge in [-0.15, -0.1) is 11.3 Å². The lowest BCUT2D eigenvalue weighted by Crippen LogP contribution is -2.43. The molecule has 3 aromatic rings. The number of unbranched alkanes of at least 4 members (excludes halogenated alkanes) is 2. The van der Waals surface area contributed by atoms with Gasteiger partial charge < -0.3 is 29.6 Å². The number of thiophene rings is 1. The molecular weight excluding hydrogens is 666 g/mol. The van der Waals surface area contributed by atoms with Gasteiger partial charge in [-0.05, 0) is 54.5 Å². The van der Waals surface area contributed by atoms with Crippen molar-refractivity contribution in [2.24, 2.45) is 0 Å². The van der Waals surface area contributed by atoms with Gasteiger partial charge in [-0.2, -0.15) is 0 Å². The number of amides is 3. The molecule has 3 N–H and O–H groups in total. The molecule has 0 radical (unpaired) electrons. The van der Waals surface area contributed by atoms with E-state index < -0.39 is 14.3 Å². The molecule has 2 aliphatic rings. The molecule has 2 saturated heterocycles. The van der Waals surface area contributed by atoms with Crippen molar-refractivity contribution in [3.05, 3.63) is 58.7 Å². The Morgan fingerprint density at radius 1 is 1.12 bits per heavy atom. The number of hydrogen-bond donors (Lipinski definition) is 3. The number of fused-ring (bicyclic) bond motifs is 1. The first kappa shape index (κ1) is 43.8. The van der Waals surface area contributed by atoms with Crippen molar-refractivity contribution in [1.29, 1.82) is 0 Å². The van der Waals surface area contributed by atoms with E-state index in [0.29, 0.717) is 16.7 Å². The Hall–Kier alpha value is -3.18. The second kappa shape index (κ2) is 24.9. The number of methoxy groups -OCH3 is 1. The second-order valence-electron chi connectivity index (χ2n) is 11.3. The number of nitrogens with zero attached hydrogens (tertiary/aromatic N) is 3. The smallest absolute Gasteiger partial charge is 0.261 e. The van der Waals surface area contributed by atoms with E-state index in [1.165, 1.54) is 55.6 Å². The molecule has 0 saturated carbocycles. The summed E-state index contributed by atoms with van der Waals surface area (Å²) in [5, 5.41) is 3.24. The number of carbonyl (C=O) groups is 3. The van der Waals surface area contributed by atoms with Gasteiger partial charge in [0.1, 0.15) is 5.75 Å². The Balaban J connectivity index is 0.000000350. The zero-order chi connectivity index (χ0) is 36.8. The minimum Gasteiger partial charge on any atom is -0.496 e. The molecule has 4 heterocycles. The van der Waals surface area contributed by atoms with Gasteiger partial charge in [-0.25, -0.2) is 4.39 Å². The summed E-state index contributed by atoms with van der Waals surface area (Å²) >= 11 is 1.30. The average Bonchev–Trinajstić information content (AvgIpc) is 3.80. The molecular formula is C36H56FN4O6PS. The third-order valence-electron chi connectivity index (χ3n) is 7.45. The van der Waals surface area contributed by atoms with Crippen LogP contribution in [0.1, 0.15) is 112 Å². The lowest BCUT2D eigenvalue weighted by atomic mass is 9.93. The zero-order valence-electron chi connectivity index (χ0n) is 30.2. The summed E-state index contributed by atoms with van der Waals surface area (Å²) in [6, 6.07) is 8.21. The molecule has 274 valence electrons. The van der Waals surface area contributed by atoms with Crippen molar-refractivity contribution in [1.82, 2.24) is 20.1 Å². The van der Waals surface area contributed by atoms with E-state index in [1.54, 1.807) is 37.4 Å². The van der Waals surface area contributed by atoms with Gasteiger partial charge in [0.15, 0.2) is 5.91 Å². The number of aromatic nitrogens is 1. The largest absolute Gasteiger partial charge is 0.496 e. The first-order chi connectivity index (χ1) is 23.6. The third kappa shape index (κ3) is 14.7.